The van der Waals surface area contributed by atoms with Crippen molar-refractivity contribution in [1.82, 2.24) is 19.1 Å². The first-order valence-corrected chi connectivity index (χ1v) is 8.96. The fraction of sp³-hybridized carbons (Fsp3) is 0.400. The van der Waals surface area contributed by atoms with Crippen molar-refractivity contribution in [2.45, 2.75) is 23.7 Å². The third-order valence-corrected chi connectivity index (χ3v) is 5.62. The van der Waals surface area contributed by atoms with Gasteiger partial charge in [-0.2, -0.15) is 5.10 Å². The van der Waals surface area contributed by atoms with Gasteiger partial charge in [0.05, 0.1) is 11.3 Å². The van der Waals surface area contributed by atoms with Gasteiger partial charge in [-0.1, -0.05) is 0 Å². The van der Waals surface area contributed by atoms with Crippen LogP contribution in [0.25, 0.3) is 0 Å². The number of nitrogens with one attached hydrogen (secondary N) is 1. The quantitative estimate of drug-likeness (QED) is 0.875. The second-order valence-corrected chi connectivity index (χ2v) is 8.15. The van der Waals surface area contributed by atoms with Crippen molar-refractivity contribution in [3.05, 3.63) is 35.8 Å². The van der Waals surface area contributed by atoms with Crippen LogP contribution in [0.4, 0.5) is 5.82 Å². The predicted octanol–water partition coefficient (Wildman–Crippen LogP) is 1.20. The molecule has 0 aliphatic heterocycles. The first-order valence-electron chi connectivity index (χ1n) is 7.52. The van der Waals surface area contributed by atoms with Gasteiger partial charge < -0.3 is 5.32 Å². The smallest absolute Gasteiger partial charge is 0.260 e. The summed E-state index contributed by atoms with van der Waals surface area (Å²) in [5.74, 6) is 0.358. The number of rotatable bonds is 5. The van der Waals surface area contributed by atoms with Gasteiger partial charge in [0, 0.05) is 39.5 Å². The van der Waals surface area contributed by atoms with Crippen LogP contribution in [0, 0.1) is 0 Å². The Morgan fingerprint density at radius 3 is 2.58 bits per heavy atom. The maximum atomic E-state index is 12.4. The Hall–Kier alpha value is -2.26. The zero-order valence-electron chi connectivity index (χ0n) is 13.7. The standard InChI is InChI=1S/C15H19N5O3S/c1-19(2)24(22,23)11-6-7-13(16-8-11)17-15(21)12-9-20(3)18-14(12)10-4-5-10/h6-10H,4-5H2,1-3H3,(H,16,17,21). The van der Waals surface area contributed by atoms with E-state index in [1.165, 1.54) is 32.4 Å². The van der Waals surface area contributed by atoms with Gasteiger partial charge in [-0.05, 0) is 25.0 Å². The topological polar surface area (TPSA) is 97.2 Å². The van der Waals surface area contributed by atoms with E-state index in [0.29, 0.717) is 17.3 Å². The van der Waals surface area contributed by atoms with E-state index in [-0.39, 0.29) is 10.8 Å². The number of aromatic nitrogens is 3. The van der Waals surface area contributed by atoms with E-state index < -0.39 is 10.0 Å². The average molecular weight is 349 g/mol. The van der Waals surface area contributed by atoms with E-state index in [0.717, 1.165) is 22.8 Å². The molecule has 0 radical (unpaired) electrons. The highest BCUT2D eigenvalue weighted by Gasteiger charge is 2.31. The zero-order chi connectivity index (χ0) is 17.5. The van der Waals surface area contributed by atoms with Crippen molar-refractivity contribution in [2.24, 2.45) is 7.05 Å². The Balaban J connectivity index is 1.78. The van der Waals surface area contributed by atoms with Crippen LogP contribution in [0.5, 0.6) is 0 Å². The van der Waals surface area contributed by atoms with Crippen LogP contribution in [0.1, 0.15) is 34.8 Å². The van der Waals surface area contributed by atoms with Gasteiger partial charge in [0.2, 0.25) is 10.0 Å². The zero-order valence-corrected chi connectivity index (χ0v) is 14.5. The fourth-order valence-corrected chi connectivity index (χ4v) is 3.19. The molecule has 1 amide bonds. The fourth-order valence-electron chi connectivity index (χ4n) is 2.34. The van der Waals surface area contributed by atoms with Crippen LogP contribution in [-0.4, -0.2) is 47.5 Å². The van der Waals surface area contributed by atoms with Crippen molar-refractivity contribution in [3.8, 4) is 0 Å². The molecule has 128 valence electrons. The lowest BCUT2D eigenvalue weighted by Gasteiger charge is -2.11. The number of sulfonamides is 1. The molecule has 0 atom stereocenters. The minimum Gasteiger partial charge on any atom is -0.306 e. The molecule has 0 aromatic carbocycles. The molecule has 2 heterocycles. The normalized spacial score (nSPS) is 14.8. The Morgan fingerprint density at radius 2 is 2.04 bits per heavy atom. The van der Waals surface area contributed by atoms with Crippen LogP contribution < -0.4 is 5.32 Å². The summed E-state index contributed by atoms with van der Waals surface area (Å²) in [6.07, 6.45) is 5.02. The molecule has 0 saturated heterocycles. The first kappa shape index (κ1) is 16.6. The van der Waals surface area contributed by atoms with Gasteiger partial charge in [-0.3, -0.25) is 9.48 Å². The van der Waals surface area contributed by atoms with Crippen molar-refractivity contribution in [2.75, 3.05) is 19.4 Å². The van der Waals surface area contributed by atoms with Gasteiger partial charge in [0.1, 0.15) is 10.7 Å². The Kier molecular flexibility index (Phi) is 4.14. The highest BCUT2D eigenvalue weighted by atomic mass is 32.2. The Bertz CT molecular complexity index is 867. The Morgan fingerprint density at radius 1 is 1.33 bits per heavy atom. The third-order valence-electron chi connectivity index (χ3n) is 3.82. The average Bonchev–Trinajstić information content (AvgIpc) is 3.30. The molecule has 1 saturated carbocycles. The summed E-state index contributed by atoms with van der Waals surface area (Å²) in [5.41, 5.74) is 1.34. The van der Waals surface area contributed by atoms with E-state index >= 15 is 0 Å². The molecule has 1 fully saturated rings. The van der Waals surface area contributed by atoms with E-state index in [1.54, 1.807) is 17.9 Å². The molecule has 0 unspecified atom stereocenters. The highest BCUT2D eigenvalue weighted by Crippen LogP contribution is 2.40. The van der Waals surface area contributed by atoms with Crippen molar-refractivity contribution >= 4 is 21.7 Å². The lowest BCUT2D eigenvalue weighted by atomic mass is 10.1. The monoisotopic (exact) mass is 349 g/mol. The summed E-state index contributed by atoms with van der Waals surface area (Å²) >= 11 is 0. The summed E-state index contributed by atoms with van der Waals surface area (Å²) in [7, 11) is 1.15. The molecule has 3 rings (SSSR count). The molecule has 1 aliphatic carbocycles. The van der Waals surface area contributed by atoms with Crippen LogP contribution in [0.15, 0.2) is 29.4 Å². The maximum Gasteiger partial charge on any atom is 0.260 e. The number of amides is 1. The minimum atomic E-state index is -3.54. The van der Waals surface area contributed by atoms with Crippen molar-refractivity contribution in [3.63, 3.8) is 0 Å². The van der Waals surface area contributed by atoms with Gasteiger partial charge in [-0.25, -0.2) is 17.7 Å². The molecule has 1 N–H and O–H groups in total. The van der Waals surface area contributed by atoms with E-state index in [1.807, 2.05) is 0 Å². The van der Waals surface area contributed by atoms with Crippen molar-refractivity contribution in [1.29, 1.82) is 0 Å². The minimum absolute atomic E-state index is 0.0746. The number of pyridine rings is 1. The molecule has 2 aromatic rings. The molecular weight excluding hydrogens is 330 g/mol. The van der Waals surface area contributed by atoms with E-state index in [4.69, 9.17) is 0 Å². The lowest BCUT2D eigenvalue weighted by molar-refractivity contribution is 0.102. The van der Waals surface area contributed by atoms with Gasteiger partial charge in [-0.15, -0.1) is 0 Å². The SMILES string of the molecule is CN(C)S(=O)(=O)c1ccc(NC(=O)c2cn(C)nc2C2CC2)nc1. The second-order valence-electron chi connectivity index (χ2n) is 6.00. The number of carbonyl (C=O) groups is 1. The summed E-state index contributed by atoms with van der Waals surface area (Å²) in [6, 6.07) is 2.89. The second kappa shape index (κ2) is 5.99. The van der Waals surface area contributed by atoms with Crippen LogP contribution >= 0.6 is 0 Å². The summed E-state index contributed by atoms with van der Waals surface area (Å²) in [4.78, 5) is 16.5. The number of hydrogen-bond donors (Lipinski definition) is 1. The van der Waals surface area contributed by atoms with E-state index in [9.17, 15) is 13.2 Å². The van der Waals surface area contributed by atoms with Crippen molar-refractivity contribution < 1.29 is 13.2 Å². The maximum absolute atomic E-state index is 12.4. The summed E-state index contributed by atoms with van der Waals surface area (Å²) in [5, 5.41) is 7.04. The number of aryl methyl sites for hydroxylation is 1. The largest absolute Gasteiger partial charge is 0.306 e. The molecule has 0 spiro atoms. The van der Waals surface area contributed by atoms with E-state index in [2.05, 4.69) is 15.4 Å². The lowest BCUT2D eigenvalue weighted by Crippen LogP contribution is -2.22. The van der Waals surface area contributed by atoms with Crippen LogP contribution in [0.2, 0.25) is 0 Å². The molecular formula is C15H19N5O3S. The number of nitrogens with zero attached hydrogens (tertiary/aromatic N) is 4. The van der Waals surface area contributed by atoms with Gasteiger partial charge >= 0.3 is 0 Å². The molecule has 1 aliphatic rings. The molecule has 2 aromatic heterocycles. The Labute approximate surface area is 140 Å². The predicted molar refractivity (Wildman–Crippen MR) is 88.2 cm³/mol. The first-order chi connectivity index (χ1) is 11.3. The number of hydrogen-bond acceptors (Lipinski definition) is 5. The molecule has 24 heavy (non-hydrogen) atoms. The molecule has 8 nitrogen and oxygen atoms in total. The summed E-state index contributed by atoms with van der Waals surface area (Å²) in [6.45, 7) is 0. The third kappa shape index (κ3) is 3.17. The molecule has 9 heteroatoms. The number of anilines is 1. The van der Waals surface area contributed by atoms with Crippen LogP contribution in [0.3, 0.4) is 0 Å². The summed E-state index contributed by atoms with van der Waals surface area (Å²) < 4.78 is 26.7. The van der Waals surface area contributed by atoms with Crippen LogP contribution in [-0.2, 0) is 17.1 Å². The van der Waals surface area contributed by atoms with Gasteiger partial charge in [0.25, 0.3) is 5.91 Å². The number of carbonyl (C=O) groups excluding carboxylic acids is 1. The van der Waals surface area contributed by atoms with Gasteiger partial charge in [0.15, 0.2) is 0 Å². The molecule has 0 bridgehead atoms. The highest BCUT2D eigenvalue weighted by molar-refractivity contribution is 7.89.